The Kier molecular flexibility index (Phi) is 61.2. The van der Waals surface area contributed by atoms with Gasteiger partial charge in [-0.25, -0.2) is 0 Å². The van der Waals surface area contributed by atoms with E-state index < -0.39 is 6.10 Å². The highest BCUT2D eigenvalue weighted by molar-refractivity contribution is 5.71. The van der Waals surface area contributed by atoms with Crippen LogP contribution in [0.1, 0.15) is 323 Å². The van der Waals surface area contributed by atoms with Gasteiger partial charge >= 0.3 is 17.9 Å². The molecule has 0 amide bonds. The van der Waals surface area contributed by atoms with Gasteiger partial charge in [0.2, 0.25) is 0 Å². The third kappa shape index (κ3) is 61.4. The van der Waals surface area contributed by atoms with E-state index in [1.54, 1.807) is 0 Å². The second-order valence-electron chi connectivity index (χ2n) is 21.6. The minimum Gasteiger partial charge on any atom is -0.462 e. The zero-order valence-corrected chi connectivity index (χ0v) is 50.3. The third-order valence-corrected chi connectivity index (χ3v) is 14.1. The van der Waals surface area contributed by atoms with Gasteiger partial charge in [0.15, 0.2) is 6.10 Å². The molecule has 0 radical (unpaired) electrons. The first-order valence-corrected chi connectivity index (χ1v) is 32.6. The van der Waals surface area contributed by atoms with Crippen LogP contribution in [-0.2, 0) is 28.6 Å². The fourth-order valence-corrected chi connectivity index (χ4v) is 9.29. The van der Waals surface area contributed by atoms with Crippen molar-refractivity contribution in [3.05, 3.63) is 85.1 Å². The number of unbranched alkanes of at least 4 members (excludes halogenated alkanes) is 34. The van der Waals surface area contributed by atoms with Gasteiger partial charge in [0.1, 0.15) is 13.2 Å². The average molecular weight is 1060 g/mol. The van der Waals surface area contributed by atoms with Crippen molar-refractivity contribution in [1.82, 2.24) is 0 Å². The number of carbonyl (C=O) groups is 3. The van der Waals surface area contributed by atoms with Gasteiger partial charge in [-0.1, -0.05) is 305 Å². The summed E-state index contributed by atoms with van der Waals surface area (Å²) in [6.07, 6.45) is 84.7. The maximum Gasteiger partial charge on any atom is 0.306 e. The van der Waals surface area contributed by atoms with E-state index in [9.17, 15) is 14.4 Å². The van der Waals surface area contributed by atoms with Crippen molar-refractivity contribution in [3.63, 3.8) is 0 Å². The summed E-state index contributed by atoms with van der Waals surface area (Å²) in [5.41, 5.74) is 0. The first-order chi connectivity index (χ1) is 37.5. The Balaban J connectivity index is 4.31. The molecule has 0 aromatic heterocycles. The average Bonchev–Trinajstić information content (AvgIpc) is 3.42. The molecule has 0 bridgehead atoms. The monoisotopic (exact) mass is 1060 g/mol. The number of hydrogen-bond acceptors (Lipinski definition) is 6. The molecule has 0 aliphatic rings. The van der Waals surface area contributed by atoms with Crippen LogP contribution < -0.4 is 0 Å². The van der Waals surface area contributed by atoms with Crippen LogP contribution in [0.3, 0.4) is 0 Å². The summed E-state index contributed by atoms with van der Waals surface area (Å²) in [4.78, 5) is 38.2. The van der Waals surface area contributed by atoms with Crippen LogP contribution >= 0.6 is 0 Å². The largest absolute Gasteiger partial charge is 0.462 e. The molecular weight excluding hydrogens is 937 g/mol. The van der Waals surface area contributed by atoms with Crippen LogP contribution in [-0.4, -0.2) is 37.2 Å². The molecule has 0 saturated heterocycles. The highest BCUT2D eigenvalue weighted by Crippen LogP contribution is 2.17. The van der Waals surface area contributed by atoms with Gasteiger partial charge in [0, 0.05) is 19.3 Å². The predicted molar refractivity (Wildman–Crippen MR) is 330 cm³/mol. The topological polar surface area (TPSA) is 78.9 Å². The molecule has 76 heavy (non-hydrogen) atoms. The van der Waals surface area contributed by atoms with E-state index in [1.807, 2.05) is 6.08 Å². The summed E-state index contributed by atoms with van der Waals surface area (Å²) in [6, 6.07) is 0. The van der Waals surface area contributed by atoms with Gasteiger partial charge in [-0.2, -0.15) is 0 Å². The Hall–Kier alpha value is -3.41. The Morgan fingerprint density at radius 2 is 0.539 bits per heavy atom. The zero-order valence-electron chi connectivity index (χ0n) is 50.3. The van der Waals surface area contributed by atoms with Gasteiger partial charge in [0.05, 0.1) is 0 Å². The van der Waals surface area contributed by atoms with Crippen molar-refractivity contribution in [3.8, 4) is 0 Å². The Morgan fingerprint density at radius 3 is 0.855 bits per heavy atom. The number of carbonyl (C=O) groups excluding carboxylic acids is 3. The minimum absolute atomic E-state index is 0.103. The van der Waals surface area contributed by atoms with Crippen molar-refractivity contribution in [2.24, 2.45) is 0 Å². The van der Waals surface area contributed by atoms with Gasteiger partial charge in [-0.15, -0.1) is 0 Å². The van der Waals surface area contributed by atoms with E-state index in [0.29, 0.717) is 19.3 Å². The lowest BCUT2D eigenvalue weighted by Gasteiger charge is -2.18. The van der Waals surface area contributed by atoms with E-state index >= 15 is 0 Å². The summed E-state index contributed by atoms with van der Waals surface area (Å²) in [7, 11) is 0. The molecule has 1 atom stereocenters. The van der Waals surface area contributed by atoms with Crippen LogP contribution in [0.15, 0.2) is 85.1 Å². The van der Waals surface area contributed by atoms with Crippen molar-refractivity contribution in [2.75, 3.05) is 13.2 Å². The summed E-state index contributed by atoms with van der Waals surface area (Å²) in [5, 5.41) is 0. The Bertz CT molecular complexity index is 1450. The van der Waals surface area contributed by atoms with Gasteiger partial charge < -0.3 is 14.2 Å². The number of rotatable bonds is 59. The van der Waals surface area contributed by atoms with E-state index in [2.05, 4.69) is 99.8 Å². The Labute approximate surface area is 471 Å². The molecule has 0 N–H and O–H groups in total. The predicted octanol–water partition coefficient (Wildman–Crippen LogP) is 22.3. The Morgan fingerprint density at radius 1 is 0.276 bits per heavy atom. The van der Waals surface area contributed by atoms with Crippen LogP contribution in [0.2, 0.25) is 0 Å². The molecule has 1 unspecified atom stereocenters. The van der Waals surface area contributed by atoms with E-state index in [4.69, 9.17) is 14.2 Å². The molecule has 0 fully saturated rings. The normalized spacial score (nSPS) is 12.6. The number of ether oxygens (including phenoxy) is 3. The molecule has 0 heterocycles. The highest BCUT2D eigenvalue weighted by atomic mass is 16.6. The fraction of sp³-hybridized carbons (Fsp3) is 0.757. The molecule has 0 aliphatic carbocycles. The summed E-state index contributed by atoms with van der Waals surface area (Å²) < 4.78 is 16.8. The third-order valence-electron chi connectivity index (χ3n) is 14.1. The highest BCUT2D eigenvalue weighted by Gasteiger charge is 2.19. The maximum absolute atomic E-state index is 12.9. The molecule has 6 heteroatoms. The fourth-order valence-electron chi connectivity index (χ4n) is 9.29. The quantitative estimate of drug-likeness (QED) is 0.0261. The van der Waals surface area contributed by atoms with Crippen LogP contribution in [0.5, 0.6) is 0 Å². The lowest BCUT2D eigenvalue weighted by atomic mass is 10.0. The summed E-state index contributed by atoms with van der Waals surface area (Å²) >= 11 is 0. The molecule has 0 saturated carbocycles. The molecule has 0 aromatic rings. The second-order valence-corrected chi connectivity index (χ2v) is 21.6. The summed E-state index contributed by atoms with van der Waals surface area (Å²) in [5.74, 6) is -0.976. The smallest absolute Gasteiger partial charge is 0.306 e. The first-order valence-electron chi connectivity index (χ1n) is 32.6. The van der Waals surface area contributed by atoms with Gasteiger partial charge in [-0.05, 0) is 83.5 Å². The lowest BCUT2D eigenvalue weighted by molar-refractivity contribution is -0.166. The van der Waals surface area contributed by atoms with Crippen LogP contribution in [0.4, 0.5) is 0 Å². The molecule has 0 aromatic carbocycles. The van der Waals surface area contributed by atoms with E-state index in [-0.39, 0.29) is 37.5 Å². The van der Waals surface area contributed by atoms with Gasteiger partial charge in [0.25, 0.3) is 0 Å². The lowest BCUT2D eigenvalue weighted by Crippen LogP contribution is -2.30. The van der Waals surface area contributed by atoms with Crippen LogP contribution in [0.25, 0.3) is 0 Å². The minimum atomic E-state index is -0.815. The molecule has 438 valence electrons. The van der Waals surface area contributed by atoms with Crippen molar-refractivity contribution in [2.45, 2.75) is 329 Å². The number of esters is 3. The SMILES string of the molecule is CC/C=C\C/C=C\C/C=C\C/C=C\C/C=C\C/C=C\CCC(=O)OC(COC(=O)CCCCCCCCCCCCCC)COC(=O)CCCCCCCCCCCCCCCCC/C=C\CCCCCCCCCC. The molecule has 0 aliphatic heterocycles. The molecular formula is C70H122O6. The number of hydrogen-bond donors (Lipinski definition) is 0. The summed E-state index contributed by atoms with van der Waals surface area (Å²) in [6.45, 7) is 6.49. The molecule has 6 nitrogen and oxygen atoms in total. The maximum atomic E-state index is 12.9. The molecule has 0 spiro atoms. The van der Waals surface area contributed by atoms with Gasteiger partial charge in [-0.3, -0.25) is 14.4 Å². The van der Waals surface area contributed by atoms with Crippen molar-refractivity contribution >= 4 is 17.9 Å². The first kappa shape index (κ1) is 72.6. The van der Waals surface area contributed by atoms with Crippen molar-refractivity contribution in [1.29, 1.82) is 0 Å². The zero-order chi connectivity index (χ0) is 55.0. The van der Waals surface area contributed by atoms with E-state index in [0.717, 1.165) is 77.0 Å². The van der Waals surface area contributed by atoms with E-state index in [1.165, 1.54) is 199 Å². The van der Waals surface area contributed by atoms with Crippen LogP contribution in [0, 0.1) is 0 Å². The second kappa shape index (κ2) is 64.1. The standard InChI is InChI=1S/C70H122O6/c1-4-7-10-13-16-19-22-25-27-29-31-32-33-34-35-36-37-38-40-41-43-45-48-51-54-57-60-63-69(72)75-66-67(65-74-68(71)62-59-56-53-50-47-24-21-18-15-12-9-6-3)76-70(73)64-61-58-55-52-49-46-44-42-39-30-28-26-23-20-17-14-11-8-5-2/h8,11,17,20,26,28-29,31,39,42,46,49,55,58,67H,4-7,9-10,12-16,18-19,21-25,27,30,32-38,40-41,43-45,47-48,50-54,56-57,59-66H2,1-3H3/b11-8-,20-17-,28-26-,31-29-,42-39-,49-46-,58-55-. The number of allylic oxidation sites excluding steroid dienone is 14. The van der Waals surface area contributed by atoms with Crippen molar-refractivity contribution < 1.29 is 28.6 Å². The molecule has 0 rings (SSSR count).